The fraction of sp³-hybridized carbons (Fsp3) is 0.385. The standard InChI is InChI=1S/C13H17N3O/c1-2-5-13(17)16-9-4-8-15-11-12-6-3-7-14-10-12/h1,3,6-7,10,15H,4-5,8-9,11H2,(H,16,17). The van der Waals surface area contributed by atoms with E-state index in [2.05, 4.69) is 21.5 Å². The number of hydrogen-bond donors (Lipinski definition) is 2. The van der Waals surface area contributed by atoms with Crippen molar-refractivity contribution in [1.29, 1.82) is 0 Å². The molecule has 1 heterocycles. The SMILES string of the molecule is C#CCC(=O)NCCCNCc1cccnc1. The first-order valence-electron chi connectivity index (χ1n) is 5.62. The number of pyridine rings is 1. The Hall–Kier alpha value is -1.86. The summed E-state index contributed by atoms with van der Waals surface area (Å²) in [7, 11) is 0. The van der Waals surface area contributed by atoms with Crippen molar-refractivity contribution in [1.82, 2.24) is 15.6 Å². The van der Waals surface area contributed by atoms with Gasteiger partial charge in [-0.1, -0.05) is 12.0 Å². The molecule has 90 valence electrons. The average Bonchev–Trinajstić information content (AvgIpc) is 2.35. The third-order valence-electron chi connectivity index (χ3n) is 2.17. The Morgan fingerprint density at radius 2 is 2.35 bits per heavy atom. The molecule has 0 unspecified atom stereocenters. The molecule has 0 bridgehead atoms. The van der Waals surface area contributed by atoms with Crippen molar-refractivity contribution in [2.24, 2.45) is 0 Å². The Labute approximate surface area is 102 Å². The molecule has 2 N–H and O–H groups in total. The van der Waals surface area contributed by atoms with Crippen molar-refractivity contribution >= 4 is 5.91 Å². The van der Waals surface area contributed by atoms with Gasteiger partial charge in [-0.05, 0) is 24.6 Å². The van der Waals surface area contributed by atoms with E-state index in [4.69, 9.17) is 6.42 Å². The van der Waals surface area contributed by atoms with Crippen molar-refractivity contribution in [3.05, 3.63) is 30.1 Å². The van der Waals surface area contributed by atoms with Gasteiger partial charge in [0.15, 0.2) is 0 Å². The minimum Gasteiger partial charge on any atom is -0.355 e. The van der Waals surface area contributed by atoms with Gasteiger partial charge in [0.05, 0.1) is 6.42 Å². The second-order valence-corrected chi connectivity index (χ2v) is 3.62. The summed E-state index contributed by atoms with van der Waals surface area (Å²) in [6.45, 7) is 2.30. The fourth-order valence-corrected chi connectivity index (χ4v) is 1.33. The maximum absolute atomic E-state index is 11.0. The number of nitrogens with one attached hydrogen (secondary N) is 2. The van der Waals surface area contributed by atoms with Crippen molar-refractivity contribution in [2.75, 3.05) is 13.1 Å². The van der Waals surface area contributed by atoms with Gasteiger partial charge in [0.2, 0.25) is 5.91 Å². The number of aromatic nitrogens is 1. The molecule has 4 nitrogen and oxygen atoms in total. The number of hydrogen-bond acceptors (Lipinski definition) is 3. The number of carbonyl (C=O) groups is 1. The van der Waals surface area contributed by atoms with Gasteiger partial charge in [0.25, 0.3) is 0 Å². The van der Waals surface area contributed by atoms with Crippen LogP contribution in [0.5, 0.6) is 0 Å². The molecule has 0 atom stereocenters. The van der Waals surface area contributed by atoms with Gasteiger partial charge < -0.3 is 10.6 Å². The normalized spacial score (nSPS) is 9.59. The Morgan fingerprint density at radius 3 is 3.06 bits per heavy atom. The topological polar surface area (TPSA) is 54.0 Å². The van der Waals surface area contributed by atoms with Crippen LogP contribution in [0.15, 0.2) is 24.5 Å². The van der Waals surface area contributed by atoms with Gasteiger partial charge in [0.1, 0.15) is 0 Å². The van der Waals surface area contributed by atoms with E-state index in [-0.39, 0.29) is 12.3 Å². The first-order valence-corrected chi connectivity index (χ1v) is 5.62. The molecule has 0 aliphatic heterocycles. The van der Waals surface area contributed by atoms with Gasteiger partial charge in [0, 0.05) is 25.5 Å². The van der Waals surface area contributed by atoms with Crippen LogP contribution in [-0.4, -0.2) is 24.0 Å². The first-order chi connectivity index (χ1) is 8.33. The Morgan fingerprint density at radius 1 is 1.47 bits per heavy atom. The number of amides is 1. The Balaban J connectivity index is 1.99. The molecule has 0 spiro atoms. The summed E-state index contributed by atoms with van der Waals surface area (Å²) in [6.07, 6.45) is 9.65. The van der Waals surface area contributed by atoms with E-state index in [9.17, 15) is 4.79 Å². The largest absolute Gasteiger partial charge is 0.355 e. The molecule has 0 saturated heterocycles. The molecule has 0 aliphatic rings. The lowest BCUT2D eigenvalue weighted by atomic mass is 10.3. The van der Waals surface area contributed by atoms with Crippen LogP contribution in [0, 0.1) is 12.3 Å². The summed E-state index contributed by atoms with van der Waals surface area (Å²) in [4.78, 5) is 15.0. The van der Waals surface area contributed by atoms with Crippen LogP contribution in [0.1, 0.15) is 18.4 Å². The lowest BCUT2D eigenvalue weighted by molar-refractivity contribution is -0.120. The Kier molecular flexibility index (Phi) is 6.46. The number of rotatable bonds is 7. The number of terminal acetylenes is 1. The molecule has 1 aromatic heterocycles. The first kappa shape index (κ1) is 13.2. The molecule has 1 aromatic rings. The fourth-order valence-electron chi connectivity index (χ4n) is 1.33. The molecular formula is C13H17N3O. The number of carbonyl (C=O) groups excluding carboxylic acids is 1. The molecule has 0 aromatic carbocycles. The highest BCUT2D eigenvalue weighted by Gasteiger charge is 1.96. The predicted molar refractivity (Wildman–Crippen MR) is 67.0 cm³/mol. The van der Waals surface area contributed by atoms with Crippen LogP contribution in [0.2, 0.25) is 0 Å². The van der Waals surface area contributed by atoms with Crippen LogP contribution in [0.4, 0.5) is 0 Å². The van der Waals surface area contributed by atoms with E-state index < -0.39 is 0 Å². The van der Waals surface area contributed by atoms with Crippen molar-refractivity contribution in [3.63, 3.8) is 0 Å². The molecule has 0 saturated carbocycles. The van der Waals surface area contributed by atoms with Crippen LogP contribution in [0.25, 0.3) is 0 Å². The molecule has 0 fully saturated rings. The minimum atomic E-state index is -0.0836. The highest BCUT2D eigenvalue weighted by molar-refractivity contribution is 5.78. The van der Waals surface area contributed by atoms with E-state index in [1.54, 1.807) is 6.20 Å². The summed E-state index contributed by atoms with van der Waals surface area (Å²) < 4.78 is 0. The van der Waals surface area contributed by atoms with E-state index in [1.165, 1.54) is 0 Å². The van der Waals surface area contributed by atoms with Crippen LogP contribution in [0.3, 0.4) is 0 Å². The van der Waals surface area contributed by atoms with Gasteiger partial charge in [-0.3, -0.25) is 9.78 Å². The molecule has 17 heavy (non-hydrogen) atoms. The zero-order chi connectivity index (χ0) is 12.3. The zero-order valence-electron chi connectivity index (χ0n) is 9.78. The Bertz CT molecular complexity index is 370. The summed E-state index contributed by atoms with van der Waals surface area (Å²) in [5, 5.41) is 6.02. The van der Waals surface area contributed by atoms with Crippen LogP contribution in [-0.2, 0) is 11.3 Å². The summed E-state index contributed by atoms with van der Waals surface area (Å²) in [5.41, 5.74) is 1.16. The maximum atomic E-state index is 11.0. The smallest absolute Gasteiger partial charge is 0.232 e. The summed E-state index contributed by atoms with van der Waals surface area (Å²) >= 11 is 0. The lowest BCUT2D eigenvalue weighted by Crippen LogP contribution is -2.26. The third-order valence-corrected chi connectivity index (χ3v) is 2.17. The molecule has 0 radical (unpaired) electrons. The maximum Gasteiger partial charge on any atom is 0.232 e. The van der Waals surface area contributed by atoms with Gasteiger partial charge >= 0.3 is 0 Å². The molecule has 1 rings (SSSR count). The monoisotopic (exact) mass is 231 g/mol. The number of nitrogens with zero attached hydrogens (tertiary/aromatic N) is 1. The molecule has 4 heteroatoms. The van der Waals surface area contributed by atoms with Crippen molar-refractivity contribution in [3.8, 4) is 12.3 Å². The highest BCUT2D eigenvalue weighted by Crippen LogP contribution is 1.93. The van der Waals surface area contributed by atoms with Gasteiger partial charge in [-0.25, -0.2) is 0 Å². The second-order valence-electron chi connectivity index (χ2n) is 3.62. The predicted octanol–water partition coefficient (Wildman–Crippen LogP) is 0.701. The van der Waals surface area contributed by atoms with Crippen LogP contribution < -0.4 is 10.6 Å². The molecule has 0 aliphatic carbocycles. The van der Waals surface area contributed by atoms with E-state index in [1.807, 2.05) is 18.3 Å². The lowest BCUT2D eigenvalue weighted by Gasteiger charge is -2.05. The highest BCUT2D eigenvalue weighted by atomic mass is 16.1. The van der Waals surface area contributed by atoms with Crippen LogP contribution >= 0.6 is 0 Å². The second kappa shape index (κ2) is 8.31. The van der Waals surface area contributed by atoms with E-state index in [0.29, 0.717) is 6.54 Å². The van der Waals surface area contributed by atoms with E-state index >= 15 is 0 Å². The average molecular weight is 231 g/mol. The van der Waals surface area contributed by atoms with Gasteiger partial charge in [-0.15, -0.1) is 6.42 Å². The van der Waals surface area contributed by atoms with Crippen molar-refractivity contribution < 1.29 is 4.79 Å². The quantitative estimate of drug-likeness (QED) is 0.536. The third kappa shape index (κ3) is 6.33. The molecule has 1 amide bonds. The summed E-state index contributed by atoms with van der Waals surface area (Å²) in [5.74, 6) is 2.22. The van der Waals surface area contributed by atoms with E-state index in [0.717, 1.165) is 25.1 Å². The molecular weight excluding hydrogens is 214 g/mol. The van der Waals surface area contributed by atoms with Crippen molar-refractivity contribution in [2.45, 2.75) is 19.4 Å². The zero-order valence-corrected chi connectivity index (χ0v) is 9.78. The minimum absolute atomic E-state index is 0.0836. The van der Waals surface area contributed by atoms with Gasteiger partial charge in [-0.2, -0.15) is 0 Å². The summed E-state index contributed by atoms with van der Waals surface area (Å²) in [6, 6.07) is 3.94.